The van der Waals surface area contributed by atoms with Crippen LogP contribution in [-0.2, 0) is 22.9 Å². The number of thioether (sulfide) groups is 1. The third-order valence-electron chi connectivity index (χ3n) is 2.86. The van der Waals surface area contributed by atoms with Gasteiger partial charge in [-0.25, -0.2) is 0 Å². The molecule has 1 aliphatic rings. The summed E-state index contributed by atoms with van der Waals surface area (Å²) in [6, 6.07) is 0. The van der Waals surface area contributed by atoms with E-state index in [1.54, 1.807) is 21.3 Å². The molecule has 106 valence electrons. The van der Waals surface area contributed by atoms with Gasteiger partial charge in [0.1, 0.15) is 0 Å². The minimum absolute atomic E-state index is 0.00667. The molecule has 1 rings (SSSR count). The van der Waals surface area contributed by atoms with Gasteiger partial charge < -0.3 is 13.3 Å². The van der Waals surface area contributed by atoms with E-state index in [4.69, 9.17) is 13.3 Å². The van der Waals surface area contributed by atoms with E-state index >= 15 is 0 Å². The van der Waals surface area contributed by atoms with Crippen LogP contribution in [0, 0.1) is 0 Å². The van der Waals surface area contributed by atoms with Crippen molar-refractivity contribution in [2.45, 2.75) is 12.5 Å². The lowest BCUT2D eigenvalue weighted by molar-refractivity contribution is -0.114. The van der Waals surface area contributed by atoms with Gasteiger partial charge in [0.2, 0.25) is 0 Å². The Morgan fingerprint density at radius 1 is 1.16 bits per heavy atom. The van der Waals surface area contributed by atoms with Crippen LogP contribution < -0.4 is 0 Å². The second-order valence-electron chi connectivity index (χ2n) is 4.04. The van der Waals surface area contributed by atoms with E-state index in [1.165, 1.54) is 30.0 Å². The highest BCUT2D eigenvalue weighted by Gasteiger charge is 2.44. The van der Waals surface area contributed by atoms with E-state index in [0.29, 0.717) is 10.7 Å². The fourth-order valence-corrected chi connectivity index (χ4v) is 5.38. The summed E-state index contributed by atoms with van der Waals surface area (Å²) in [5.41, 5.74) is 0.00667. The molecule has 0 aromatic heterocycles. The number of hydrogen-bond acceptors (Lipinski definition) is 6. The molecule has 0 fully saturated rings. The minimum atomic E-state index is -2.71. The number of rotatable bonds is 7. The zero-order chi connectivity index (χ0) is 14.5. The SMILES string of the molecule is CO[Si](OC)(OC)C(C)CSC1=CC(=O)C=CC1=O. The molecule has 0 bridgehead atoms. The van der Waals surface area contributed by atoms with Crippen LogP contribution in [0.1, 0.15) is 6.92 Å². The zero-order valence-electron chi connectivity index (χ0n) is 11.5. The molecule has 0 saturated heterocycles. The second-order valence-corrected chi connectivity index (χ2v) is 8.52. The lowest BCUT2D eigenvalue weighted by atomic mass is 10.2. The Bertz CT molecular complexity index is 406. The first-order chi connectivity index (χ1) is 8.99. The second kappa shape index (κ2) is 7.16. The van der Waals surface area contributed by atoms with Gasteiger partial charge in [0.15, 0.2) is 11.6 Å². The molecule has 19 heavy (non-hydrogen) atoms. The molecule has 7 heteroatoms. The monoisotopic (exact) mass is 302 g/mol. The lowest BCUT2D eigenvalue weighted by Crippen LogP contribution is -2.47. The summed E-state index contributed by atoms with van der Waals surface area (Å²) < 4.78 is 16.1. The quantitative estimate of drug-likeness (QED) is 0.525. The van der Waals surface area contributed by atoms with E-state index in [2.05, 4.69) is 0 Å². The first kappa shape index (κ1) is 16.3. The molecule has 0 saturated carbocycles. The maximum absolute atomic E-state index is 11.6. The number of carbonyl (C=O) groups is 2. The maximum Gasteiger partial charge on any atom is 0.503 e. The summed E-state index contributed by atoms with van der Waals surface area (Å²) in [6.07, 6.45) is 3.92. The van der Waals surface area contributed by atoms with Gasteiger partial charge in [-0.2, -0.15) is 0 Å². The first-order valence-corrected chi connectivity index (χ1v) is 8.54. The van der Waals surface area contributed by atoms with Crippen LogP contribution in [0.15, 0.2) is 23.1 Å². The van der Waals surface area contributed by atoms with Gasteiger partial charge in [0.05, 0.1) is 4.91 Å². The molecular formula is C12H18O5SSi. The van der Waals surface area contributed by atoms with Crippen LogP contribution in [0.2, 0.25) is 5.54 Å². The maximum atomic E-state index is 11.6. The van der Waals surface area contributed by atoms with E-state index in [0.717, 1.165) is 0 Å². The van der Waals surface area contributed by atoms with E-state index in [1.807, 2.05) is 6.92 Å². The average Bonchev–Trinajstić information content (AvgIpc) is 2.42. The van der Waals surface area contributed by atoms with Crippen LogP contribution in [-0.4, -0.2) is 47.5 Å². The number of allylic oxidation sites excluding steroid dienone is 4. The predicted molar refractivity (Wildman–Crippen MR) is 75.9 cm³/mol. The third kappa shape index (κ3) is 3.87. The zero-order valence-corrected chi connectivity index (χ0v) is 13.3. The molecule has 0 amide bonds. The predicted octanol–water partition coefficient (Wildman–Crippen LogP) is 1.58. The minimum Gasteiger partial charge on any atom is -0.377 e. The fourth-order valence-electron chi connectivity index (χ4n) is 1.77. The van der Waals surface area contributed by atoms with Crippen molar-refractivity contribution in [1.82, 2.24) is 0 Å². The van der Waals surface area contributed by atoms with Crippen molar-refractivity contribution in [1.29, 1.82) is 0 Å². The smallest absolute Gasteiger partial charge is 0.377 e. The third-order valence-corrected chi connectivity index (χ3v) is 7.57. The van der Waals surface area contributed by atoms with Gasteiger partial charge in [-0.1, -0.05) is 6.92 Å². The normalized spacial score (nSPS) is 17.6. The summed E-state index contributed by atoms with van der Waals surface area (Å²) in [5.74, 6) is 0.278. The Kier molecular flexibility index (Phi) is 6.15. The van der Waals surface area contributed by atoms with Crippen molar-refractivity contribution >= 4 is 32.1 Å². The Morgan fingerprint density at radius 2 is 1.74 bits per heavy atom. The van der Waals surface area contributed by atoms with Gasteiger partial charge in [0.25, 0.3) is 0 Å². The van der Waals surface area contributed by atoms with Gasteiger partial charge in [-0.3, -0.25) is 9.59 Å². The Labute approximate surface area is 118 Å². The van der Waals surface area contributed by atoms with Crippen molar-refractivity contribution in [2.75, 3.05) is 27.1 Å². The van der Waals surface area contributed by atoms with E-state index < -0.39 is 8.80 Å². The number of carbonyl (C=O) groups excluding carboxylic acids is 2. The van der Waals surface area contributed by atoms with E-state index in [9.17, 15) is 9.59 Å². The summed E-state index contributed by atoms with van der Waals surface area (Å²) in [5, 5.41) is 0. The first-order valence-electron chi connectivity index (χ1n) is 5.75. The van der Waals surface area contributed by atoms with Crippen molar-refractivity contribution in [3.8, 4) is 0 Å². The standard InChI is InChI=1S/C12H18O5SSi/c1-9(19(15-2,16-3)17-4)8-18-12-7-10(13)5-6-11(12)14/h5-7,9H,8H2,1-4H3. The molecule has 0 aromatic rings. The van der Waals surface area contributed by atoms with Crippen LogP contribution in [0.5, 0.6) is 0 Å². The van der Waals surface area contributed by atoms with Crippen LogP contribution in [0.4, 0.5) is 0 Å². The largest absolute Gasteiger partial charge is 0.503 e. The van der Waals surface area contributed by atoms with Crippen LogP contribution in [0.3, 0.4) is 0 Å². The molecule has 5 nitrogen and oxygen atoms in total. The molecule has 0 aromatic carbocycles. The van der Waals surface area contributed by atoms with Crippen molar-refractivity contribution in [3.63, 3.8) is 0 Å². The molecule has 0 heterocycles. The average molecular weight is 302 g/mol. The Hall–Kier alpha value is -0.733. The van der Waals surface area contributed by atoms with Gasteiger partial charge in [0, 0.05) is 38.7 Å². The summed E-state index contributed by atoms with van der Waals surface area (Å²) in [6.45, 7) is 1.95. The Balaban J connectivity index is 2.66. The summed E-state index contributed by atoms with van der Waals surface area (Å²) in [4.78, 5) is 23.3. The molecule has 1 aliphatic carbocycles. The molecule has 0 spiro atoms. The number of ketones is 2. The molecule has 0 N–H and O–H groups in total. The summed E-state index contributed by atoms with van der Waals surface area (Å²) in [7, 11) is 1.95. The molecule has 0 aliphatic heterocycles. The highest BCUT2D eigenvalue weighted by atomic mass is 32.2. The van der Waals surface area contributed by atoms with Crippen LogP contribution in [0.25, 0.3) is 0 Å². The Morgan fingerprint density at radius 3 is 2.26 bits per heavy atom. The highest BCUT2D eigenvalue weighted by Crippen LogP contribution is 2.31. The van der Waals surface area contributed by atoms with Gasteiger partial charge >= 0.3 is 8.80 Å². The van der Waals surface area contributed by atoms with Crippen LogP contribution >= 0.6 is 11.8 Å². The molecular weight excluding hydrogens is 284 g/mol. The molecule has 0 radical (unpaired) electrons. The summed E-state index contributed by atoms with van der Waals surface area (Å²) >= 11 is 1.32. The van der Waals surface area contributed by atoms with Gasteiger partial charge in [-0.15, -0.1) is 11.8 Å². The molecule has 1 unspecified atom stereocenters. The lowest BCUT2D eigenvalue weighted by Gasteiger charge is -2.30. The topological polar surface area (TPSA) is 61.8 Å². The fraction of sp³-hybridized carbons (Fsp3) is 0.500. The van der Waals surface area contributed by atoms with Gasteiger partial charge in [-0.05, 0) is 12.2 Å². The van der Waals surface area contributed by atoms with Crippen molar-refractivity contribution < 1.29 is 22.9 Å². The van der Waals surface area contributed by atoms with Crippen molar-refractivity contribution in [2.24, 2.45) is 0 Å². The highest BCUT2D eigenvalue weighted by molar-refractivity contribution is 8.04. The van der Waals surface area contributed by atoms with E-state index in [-0.39, 0.29) is 17.1 Å². The van der Waals surface area contributed by atoms with Crippen molar-refractivity contribution in [3.05, 3.63) is 23.1 Å². The molecule has 1 atom stereocenters. The number of hydrogen-bond donors (Lipinski definition) is 0.